The summed E-state index contributed by atoms with van der Waals surface area (Å²) in [4.78, 5) is 12.1. The third-order valence-corrected chi connectivity index (χ3v) is 11.9. The number of rotatable bonds is 9. The van der Waals surface area contributed by atoms with Crippen LogP contribution in [0.25, 0.3) is 0 Å². The largest absolute Gasteiger partial charge is 0.405 e. The fourth-order valence-corrected chi connectivity index (χ4v) is 9.81. The Hall–Kier alpha value is -2.61. The smallest absolute Gasteiger partial charge is 0.261 e. The molecule has 0 unspecified atom stereocenters. The summed E-state index contributed by atoms with van der Waals surface area (Å²) in [5.41, 5.74) is 1.02. The lowest BCUT2D eigenvalue weighted by Gasteiger charge is -2.47. The number of carbonyl (C=O) groups is 1. The zero-order valence-corrected chi connectivity index (χ0v) is 23.4. The highest BCUT2D eigenvalue weighted by Crippen LogP contribution is 2.38. The van der Waals surface area contributed by atoms with Crippen LogP contribution in [0.1, 0.15) is 40.2 Å². The zero-order valence-electron chi connectivity index (χ0n) is 22.4. The van der Waals surface area contributed by atoms with Crippen molar-refractivity contribution < 1.29 is 23.4 Å². The first kappa shape index (κ1) is 27.4. The molecule has 1 aliphatic heterocycles. The van der Waals surface area contributed by atoms with Gasteiger partial charge in [0.15, 0.2) is 12.1 Å². The summed E-state index contributed by atoms with van der Waals surface area (Å²) < 4.78 is 25.8. The fraction of sp³-hybridized carbons (Fsp3) is 0.387. The Morgan fingerprint density at radius 1 is 0.838 bits per heavy atom. The molecule has 0 bridgehead atoms. The van der Waals surface area contributed by atoms with Gasteiger partial charge in [-0.05, 0) is 34.8 Å². The molecule has 0 aliphatic carbocycles. The van der Waals surface area contributed by atoms with Crippen molar-refractivity contribution in [2.75, 3.05) is 6.61 Å². The Kier molecular flexibility index (Phi) is 8.46. The van der Waals surface area contributed by atoms with Gasteiger partial charge in [-0.15, -0.1) is 0 Å². The monoisotopic (exact) mass is 518 g/mol. The van der Waals surface area contributed by atoms with E-state index in [1.165, 1.54) is 10.4 Å². The average Bonchev–Trinajstić information content (AvgIpc) is 2.89. The van der Waals surface area contributed by atoms with Crippen LogP contribution >= 0.6 is 0 Å². The Labute approximate surface area is 221 Å². The topological polar surface area (TPSA) is 54.0 Å². The second-order valence-electron chi connectivity index (χ2n) is 11.0. The van der Waals surface area contributed by atoms with Crippen molar-refractivity contribution in [1.82, 2.24) is 0 Å². The molecular weight excluding hydrogens is 480 g/mol. The van der Waals surface area contributed by atoms with Gasteiger partial charge in [-0.2, -0.15) is 0 Å². The van der Waals surface area contributed by atoms with Crippen molar-refractivity contribution in [3.63, 3.8) is 0 Å². The molecule has 1 fully saturated rings. The molecule has 1 heterocycles. The molecule has 3 atom stereocenters. The van der Waals surface area contributed by atoms with Crippen molar-refractivity contribution in [3.8, 4) is 0 Å². The molecule has 0 saturated carbocycles. The molecule has 3 aromatic carbocycles. The molecule has 1 aliphatic rings. The minimum absolute atomic E-state index is 0.180. The highest BCUT2D eigenvalue weighted by molar-refractivity contribution is 6.99. The zero-order chi connectivity index (χ0) is 26.5. The van der Waals surface area contributed by atoms with Crippen LogP contribution in [0.4, 0.5) is 0 Å². The number of hydrogen-bond acceptors (Lipinski definition) is 5. The second-order valence-corrected chi connectivity index (χ2v) is 15.3. The van der Waals surface area contributed by atoms with Gasteiger partial charge in [0.1, 0.15) is 18.3 Å². The van der Waals surface area contributed by atoms with Gasteiger partial charge < -0.3 is 23.4 Å². The maximum absolute atomic E-state index is 12.1. The molecule has 1 saturated heterocycles. The molecule has 0 aromatic heterocycles. The first-order valence-electron chi connectivity index (χ1n) is 12.9. The Bertz CT molecular complexity index is 1090. The van der Waals surface area contributed by atoms with Crippen molar-refractivity contribution in [2.45, 2.75) is 70.4 Å². The van der Waals surface area contributed by atoms with Gasteiger partial charge in [0.05, 0.1) is 13.2 Å². The number of benzene rings is 3. The van der Waals surface area contributed by atoms with Crippen LogP contribution < -0.4 is 10.4 Å². The van der Waals surface area contributed by atoms with Crippen molar-refractivity contribution in [1.29, 1.82) is 0 Å². The van der Waals surface area contributed by atoms with E-state index < -0.39 is 32.4 Å². The van der Waals surface area contributed by atoms with Gasteiger partial charge in [-0.3, -0.25) is 0 Å². The molecule has 4 rings (SSSR count). The highest BCUT2D eigenvalue weighted by atomic mass is 28.4. The Balaban J connectivity index is 1.69. The summed E-state index contributed by atoms with van der Waals surface area (Å²) in [6, 6.07) is 30.9. The fourth-order valence-electron chi connectivity index (χ4n) is 5.24. The first-order valence-corrected chi connectivity index (χ1v) is 14.8. The lowest BCUT2D eigenvalue weighted by atomic mass is 10.1. The van der Waals surface area contributed by atoms with Crippen LogP contribution in [0.15, 0.2) is 91.0 Å². The van der Waals surface area contributed by atoms with E-state index in [4.69, 9.17) is 18.6 Å². The molecule has 0 radical (unpaired) electrons. The van der Waals surface area contributed by atoms with Crippen LogP contribution in [0.3, 0.4) is 0 Å². The number of aldehydes is 1. The first-order chi connectivity index (χ1) is 17.7. The number of hydrogen-bond donors (Lipinski definition) is 0. The third-order valence-electron chi connectivity index (χ3n) is 6.85. The van der Waals surface area contributed by atoms with Crippen LogP contribution in [-0.4, -0.2) is 45.3 Å². The number of carbonyl (C=O) groups excluding carboxylic acids is 1. The van der Waals surface area contributed by atoms with Gasteiger partial charge >= 0.3 is 0 Å². The van der Waals surface area contributed by atoms with E-state index in [0.717, 1.165) is 11.8 Å². The standard InChI is InChI=1S/C31H38O5Si/c1-30(2,3)37(25-17-11-7-12-18-25,26-19-13-8-14-20-26)34-23-28-29(27(21-32)35-31(4,5)36-28)33-22-24-15-9-6-10-16-24/h6-21,27-29H,22-23H2,1-5H3/t27-,28-,29+/m1/s1. The SMILES string of the molecule is CC1(C)O[C@H](C=O)[C@H](OCc2ccccc2)[C@@H](CO[Si](c2ccccc2)(c2ccccc2)C(C)(C)C)O1. The minimum atomic E-state index is -2.79. The van der Waals surface area contributed by atoms with E-state index >= 15 is 0 Å². The molecule has 3 aromatic rings. The summed E-state index contributed by atoms with van der Waals surface area (Å²) in [5, 5.41) is 2.20. The van der Waals surface area contributed by atoms with Crippen LogP contribution in [-0.2, 0) is 30.0 Å². The summed E-state index contributed by atoms with van der Waals surface area (Å²) >= 11 is 0. The summed E-state index contributed by atoms with van der Waals surface area (Å²) in [6.45, 7) is 11.0. The summed E-state index contributed by atoms with van der Waals surface area (Å²) in [5.74, 6) is -0.947. The molecule has 0 amide bonds. The van der Waals surface area contributed by atoms with Gasteiger partial charge in [-0.1, -0.05) is 112 Å². The maximum atomic E-state index is 12.1. The second kappa shape index (κ2) is 11.4. The highest BCUT2D eigenvalue weighted by Gasteiger charge is 2.52. The van der Waals surface area contributed by atoms with E-state index in [0.29, 0.717) is 6.61 Å². The molecule has 37 heavy (non-hydrogen) atoms. The molecule has 0 spiro atoms. The Morgan fingerprint density at radius 3 is 1.84 bits per heavy atom. The quantitative estimate of drug-likeness (QED) is 0.299. The van der Waals surface area contributed by atoms with Gasteiger partial charge in [0, 0.05) is 0 Å². The molecular formula is C31H38O5Si. The minimum Gasteiger partial charge on any atom is -0.405 e. The normalized spacial score (nSPS) is 21.9. The van der Waals surface area contributed by atoms with E-state index in [2.05, 4.69) is 69.3 Å². The van der Waals surface area contributed by atoms with Crippen LogP contribution in [0, 0.1) is 0 Å². The lowest BCUT2D eigenvalue weighted by molar-refractivity contribution is -0.332. The number of ether oxygens (including phenoxy) is 3. The van der Waals surface area contributed by atoms with Crippen LogP contribution in [0.2, 0.25) is 5.04 Å². The van der Waals surface area contributed by atoms with Gasteiger partial charge in [0.25, 0.3) is 8.32 Å². The summed E-state index contributed by atoms with van der Waals surface area (Å²) in [6.07, 6.45) is -1.05. The molecule has 5 nitrogen and oxygen atoms in total. The Morgan fingerprint density at radius 2 is 1.35 bits per heavy atom. The maximum Gasteiger partial charge on any atom is 0.261 e. The van der Waals surface area contributed by atoms with E-state index in [-0.39, 0.29) is 11.6 Å². The predicted molar refractivity (Wildman–Crippen MR) is 148 cm³/mol. The van der Waals surface area contributed by atoms with Crippen molar-refractivity contribution in [2.24, 2.45) is 0 Å². The molecule has 6 heteroatoms. The van der Waals surface area contributed by atoms with E-state index in [1.807, 2.05) is 56.3 Å². The van der Waals surface area contributed by atoms with Crippen molar-refractivity contribution in [3.05, 3.63) is 96.6 Å². The molecule has 0 N–H and O–H groups in total. The van der Waals surface area contributed by atoms with Crippen molar-refractivity contribution >= 4 is 25.0 Å². The lowest BCUT2D eigenvalue weighted by Crippen LogP contribution is -2.68. The average molecular weight is 519 g/mol. The van der Waals surface area contributed by atoms with Gasteiger partial charge in [-0.25, -0.2) is 0 Å². The summed E-state index contributed by atoms with van der Waals surface area (Å²) in [7, 11) is -2.79. The van der Waals surface area contributed by atoms with Crippen LogP contribution in [0.5, 0.6) is 0 Å². The van der Waals surface area contributed by atoms with E-state index in [1.54, 1.807) is 0 Å². The van der Waals surface area contributed by atoms with Gasteiger partial charge in [0.2, 0.25) is 0 Å². The predicted octanol–water partition coefficient (Wildman–Crippen LogP) is 4.87. The molecule has 196 valence electrons. The third kappa shape index (κ3) is 6.11. The van der Waals surface area contributed by atoms with E-state index in [9.17, 15) is 4.79 Å².